The lowest BCUT2D eigenvalue weighted by Crippen LogP contribution is -2.40. The van der Waals surface area contributed by atoms with Crippen molar-refractivity contribution in [1.29, 1.82) is 5.26 Å². The lowest BCUT2D eigenvalue weighted by atomic mass is 9.99. The molecule has 0 saturated carbocycles. The van der Waals surface area contributed by atoms with Gasteiger partial charge in [0.25, 0.3) is 5.91 Å². The Morgan fingerprint density at radius 1 is 1.28 bits per heavy atom. The van der Waals surface area contributed by atoms with Gasteiger partial charge in [-0.25, -0.2) is 9.67 Å². The third-order valence-electron chi connectivity index (χ3n) is 5.42. The molecule has 10 heteroatoms. The molecule has 1 aliphatic heterocycles. The Balaban J connectivity index is 1.58. The number of primary amides is 1. The number of nitriles is 1. The van der Waals surface area contributed by atoms with Crippen LogP contribution in [0.2, 0.25) is 5.02 Å². The maximum Gasteiger partial charge on any atom is 0.254 e. The van der Waals surface area contributed by atoms with Crippen LogP contribution >= 0.6 is 11.6 Å². The second-order valence-corrected chi connectivity index (χ2v) is 7.99. The molecule has 1 saturated heterocycles. The Labute approximate surface area is 189 Å². The molecule has 2 aromatic heterocycles. The molecule has 9 nitrogen and oxygen atoms in total. The maximum atomic E-state index is 12.2. The summed E-state index contributed by atoms with van der Waals surface area (Å²) in [5.74, 6) is 0.578. The molecule has 1 aromatic carbocycles. The van der Waals surface area contributed by atoms with Gasteiger partial charge in [0.05, 0.1) is 23.6 Å². The van der Waals surface area contributed by atoms with Gasteiger partial charge in [-0.3, -0.25) is 4.79 Å². The van der Waals surface area contributed by atoms with Crippen molar-refractivity contribution in [3.8, 4) is 29.0 Å². The SMILES string of the molecule is N#CC[C@H]1CC[C@H](n2nc(-c3ccc(Oc4ccc(Cl)cn4)cc3)c(C(N)=O)c2N)CN1. The summed E-state index contributed by atoms with van der Waals surface area (Å²) in [6, 6.07) is 12.7. The van der Waals surface area contributed by atoms with E-state index in [0.29, 0.717) is 40.9 Å². The largest absolute Gasteiger partial charge is 0.439 e. The summed E-state index contributed by atoms with van der Waals surface area (Å²) in [5, 5.41) is 17.4. The number of amides is 1. The number of hydrogen-bond acceptors (Lipinski definition) is 7. The van der Waals surface area contributed by atoms with Crippen molar-refractivity contribution in [1.82, 2.24) is 20.1 Å². The Morgan fingerprint density at radius 3 is 2.66 bits per heavy atom. The third kappa shape index (κ3) is 4.51. The first kappa shape index (κ1) is 21.6. The first-order valence-corrected chi connectivity index (χ1v) is 10.5. The van der Waals surface area contributed by atoms with Crippen molar-refractivity contribution in [2.75, 3.05) is 12.3 Å². The number of rotatable bonds is 6. The lowest BCUT2D eigenvalue weighted by Gasteiger charge is -2.29. The maximum absolute atomic E-state index is 12.2. The topological polar surface area (TPSA) is 145 Å². The summed E-state index contributed by atoms with van der Waals surface area (Å²) in [6.07, 6.45) is 3.58. The fraction of sp³-hybridized carbons (Fsp3) is 0.273. The van der Waals surface area contributed by atoms with Crippen molar-refractivity contribution in [2.24, 2.45) is 5.73 Å². The molecule has 164 valence electrons. The van der Waals surface area contributed by atoms with Gasteiger partial charge >= 0.3 is 0 Å². The normalized spacial score (nSPS) is 18.1. The van der Waals surface area contributed by atoms with Crippen LogP contribution in [0.3, 0.4) is 0 Å². The minimum atomic E-state index is -0.638. The van der Waals surface area contributed by atoms with Crippen molar-refractivity contribution in [2.45, 2.75) is 31.3 Å². The van der Waals surface area contributed by atoms with Crippen LogP contribution in [0, 0.1) is 11.3 Å². The van der Waals surface area contributed by atoms with Crippen LogP contribution in [0.5, 0.6) is 11.6 Å². The fourth-order valence-electron chi connectivity index (χ4n) is 3.79. The van der Waals surface area contributed by atoms with E-state index < -0.39 is 5.91 Å². The average Bonchev–Trinajstić information content (AvgIpc) is 3.14. The van der Waals surface area contributed by atoms with Gasteiger partial charge in [-0.1, -0.05) is 11.6 Å². The second kappa shape index (κ2) is 9.26. The molecule has 5 N–H and O–H groups in total. The average molecular weight is 452 g/mol. The quantitative estimate of drug-likeness (QED) is 0.521. The van der Waals surface area contributed by atoms with E-state index in [0.717, 1.165) is 12.8 Å². The number of piperidine rings is 1. The van der Waals surface area contributed by atoms with Gasteiger partial charge in [-0.05, 0) is 43.2 Å². The molecule has 32 heavy (non-hydrogen) atoms. The van der Waals surface area contributed by atoms with E-state index in [1.54, 1.807) is 41.1 Å². The van der Waals surface area contributed by atoms with Gasteiger partial charge in [0, 0.05) is 30.4 Å². The van der Waals surface area contributed by atoms with E-state index >= 15 is 0 Å². The van der Waals surface area contributed by atoms with E-state index in [1.165, 1.54) is 6.20 Å². The van der Waals surface area contributed by atoms with Crippen molar-refractivity contribution in [3.63, 3.8) is 0 Å². The number of nitrogens with two attached hydrogens (primary N) is 2. The van der Waals surface area contributed by atoms with Crippen molar-refractivity contribution >= 4 is 23.3 Å². The molecule has 1 fully saturated rings. The zero-order chi connectivity index (χ0) is 22.7. The lowest BCUT2D eigenvalue weighted by molar-refractivity contribution is 0.100. The molecule has 2 atom stereocenters. The summed E-state index contributed by atoms with van der Waals surface area (Å²) in [5.41, 5.74) is 13.2. The van der Waals surface area contributed by atoms with Crippen LogP contribution in [0.25, 0.3) is 11.3 Å². The molecule has 3 heterocycles. The minimum absolute atomic E-state index is 0.0321. The molecule has 0 spiro atoms. The molecule has 0 unspecified atom stereocenters. The van der Waals surface area contributed by atoms with Gasteiger partial charge in [0.1, 0.15) is 22.8 Å². The Morgan fingerprint density at radius 2 is 2.06 bits per heavy atom. The molecule has 0 radical (unpaired) electrons. The molecule has 1 aliphatic rings. The van der Waals surface area contributed by atoms with Crippen LogP contribution in [-0.4, -0.2) is 33.3 Å². The minimum Gasteiger partial charge on any atom is -0.439 e. The van der Waals surface area contributed by atoms with Crippen LogP contribution in [0.15, 0.2) is 42.6 Å². The zero-order valence-electron chi connectivity index (χ0n) is 17.2. The van der Waals surface area contributed by atoms with Gasteiger partial charge in [-0.2, -0.15) is 10.4 Å². The number of nitrogens with one attached hydrogen (secondary N) is 1. The van der Waals surface area contributed by atoms with E-state index in [1.807, 2.05) is 0 Å². The fourth-order valence-corrected chi connectivity index (χ4v) is 3.90. The zero-order valence-corrected chi connectivity index (χ0v) is 17.9. The van der Waals surface area contributed by atoms with Crippen LogP contribution in [-0.2, 0) is 0 Å². The smallest absolute Gasteiger partial charge is 0.254 e. The number of nitrogens with zero attached hydrogens (tertiary/aromatic N) is 4. The summed E-state index contributed by atoms with van der Waals surface area (Å²) < 4.78 is 7.37. The molecular weight excluding hydrogens is 430 g/mol. The molecule has 0 aliphatic carbocycles. The molecule has 0 bridgehead atoms. The standard InChI is InChI=1S/C22H22ClN7O2/c23-14-3-8-18(28-11-14)32-17-6-1-13(2-7-17)20-19(22(26)31)21(25)30(29-20)16-5-4-15(9-10-24)27-12-16/h1-3,6-8,11,15-16,27H,4-5,9,12,25H2,(H2,26,31)/t15-,16+/m1/s1. The van der Waals surface area contributed by atoms with Crippen LogP contribution in [0.1, 0.15) is 35.7 Å². The second-order valence-electron chi connectivity index (χ2n) is 7.56. The highest BCUT2D eigenvalue weighted by Gasteiger charge is 2.28. The Hall–Kier alpha value is -3.61. The molecule has 3 aromatic rings. The highest BCUT2D eigenvalue weighted by molar-refractivity contribution is 6.30. The van der Waals surface area contributed by atoms with Gasteiger partial charge in [0.2, 0.25) is 5.88 Å². The number of anilines is 1. The summed E-state index contributed by atoms with van der Waals surface area (Å²) in [6.45, 7) is 0.608. The number of pyridine rings is 1. The first-order chi connectivity index (χ1) is 15.5. The Kier molecular flexibility index (Phi) is 6.25. The van der Waals surface area contributed by atoms with Gasteiger partial charge in [-0.15, -0.1) is 0 Å². The third-order valence-corrected chi connectivity index (χ3v) is 5.64. The monoisotopic (exact) mass is 451 g/mol. The van der Waals surface area contributed by atoms with E-state index in [2.05, 4.69) is 21.5 Å². The van der Waals surface area contributed by atoms with E-state index in [4.69, 9.17) is 33.1 Å². The van der Waals surface area contributed by atoms with Crippen LogP contribution in [0.4, 0.5) is 5.82 Å². The van der Waals surface area contributed by atoms with Crippen molar-refractivity contribution in [3.05, 3.63) is 53.2 Å². The van der Waals surface area contributed by atoms with Crippen molar-refractivity contribution < 1.29 is 9.53 Å². The Bertz CT molecular complexity index is 1140. The summed E-state index contributed by atoms with van der Waals surface area (Å²) >= 11 is 5.84. The number of carbonyl (C=O) groups excluding carboxylic acids is 1. The molecular formula is C22H22ClN7O2. The van der Waals surface area contributed by atoms with Gasteiger partial charge < -0.3 is 21.5 Å². The van der Waals surface area contributed by atoms with E-state index in [9.17, 15) is 4.79 Å². The molecule has 4 rings (SSSR count). The van der Waals surface area contributed by atoms with E-state index in [-0.39, 0.29) is 23.5 Å². The number of nitrogen functional groups attached to an aromatic ring is 1. The molecule has 1 amide bonds. The number of halogens is 1. The first-order valence-electron chi connectivity index (χ1n) is 10.1. The number of benzene rings is 1. The van der Waals surface area contributed by atoms with Gasteiger partial charge in [0.15, 0.2) is 0 Å². The number of hydrogen-bond donors (Lipinski definition) is 3. The summed E-state index contributed by atoms with van der Waals surface area (Å²) in [4.78, 5) is 16.3. The predicted octanol–water partition coefficient (Wildman–Crippen LogP) is 3.28. The highest BCUT2D eigenvalue weighted by Crippen LogP contribution is 2.33. The number of aromatic nitrogens is 3. The highest BCUT2D eigenvalue weighted by atomic mass is 35.5. The predicted molar refractivity (Wildman–Crippen MR) is 120 cm³/mol. The number of ether oxygens (including phenoxy) is 1. The number of carbonyl (C=O) groups is 1. The van der Waals surface area contributed by atoms with Crippen LogP contribution < -0.4 is 21.5 Å². The summed E-state index contributed by atoms with van der Waals surface area (Å²) in [7, 11) is 0.